The van der Waals surface area contributed by atoms with E-state index in [0.717, 1.165) is 16.3 Å². The second kappa shape index (κ2) is 9.75. The molecule has 0 spiro atoms. The van der Waals surface area contributed by atoms with Gasteiger partial charge in [-0.3, -0.25) is 9.59 Å². The monoisotopic (exact) mass is 427 g/mol. The molecule has 30 heavy (non-hydrogen) atoms. The average Bonchev–Trinajstić information content (AvgIpc) is 3.23. The summed E-state index contributed by atoms with van der Waals surface area (Å²) in [6.07, 6.45) is 0.449. The quantitative estimate of drug-likeness (QED) is 0.466. The Balaban J connectivity index is 1.47. The molecule has 0 aliphatic heterocycles. The Morgan fingerprint density at radius 2 is 1.73 bits per heavy atom. The van der Waals surface area contributed by atoms with Crippen LogP contribution in [0.4, 0.5) is 10.1 Å². The van der Waals surface area contributed by atoms with Crippen molar-refractivity contribution < 1.29 is 23.5 Å². The normalized spacial score (nSPS) is 10.3. The molecule has 0 fully saturated rings. The summed E-state index contributed by atoms with van der Waals surface area (Å²) >= 11 is 1.42. The molecule has 9 heteroatoms. The third kappa shape index (κ3) is 5.48. The van der Waals surface area contributed by atoms with Gasteiger partial charge in [0, 0.05) is 29.6 Å². The predicted octanol–water partition coefficient (Wildman–Crippen LogP) is 3.03. The Morgan fingerprint density at radius 3 is 2.40 bits per heavy atom. The highest BCUT2D eigenvalue weighted by Crippen LogP contribution is 2.23. The van der Waals surface area contributed by atoms with Gasteiger partial charge in [-0.2, -0.15) is 0 Å². The lowest BCUT2D eigenvalue weighted by atomic mass is 10.2. The summed E-state index contributed by atoms with van der Waals surface area (Å²) in [6.45, 7) is 0.236. The lowest BCUT2D eigenvalue weighted by molar-refractivity contribution is -0.136. The van der Waals surface area contributed by atoms with Crippen LogP contribution in [0.2, 0.25) is 0 Å². The molecule has 3 aromatic rings. The summed E-state index contributed by atoms with van der Waals surface area (Å²) < 4.78 is 17.6. The zero-order valence-corrected chi connectivity index (χ0v) is 16.8. The van der Waals surface area contributed by atoms with Gasteiger partial charge >= 0.3 is 17.8 Å². The maximum atomic E-state index is 13.0. The molecule has 2 aromatic carbocycles. The number of aromatic nitrogens is 1. The van der Waals surface area contributed by atoms with Crippen LogP contribution < -0.4 is 10.6 Å². The number of halogens is 1. The molecule has 2 N–H and O–H groups in total. The minimum absolute atomic E-state index is 0.236. The third-order valence-electron chi connectivity index (χ3n) is 4.08. The fourth-order valence-electron chi connectivity index (χ4n) is 2.53. The first-order valence-electron chi connectivity index (χ1n) is 8.94. The number of thiazole rings is 1. The molecule has 2 amide bonds. The standard InChI is InChI=1S/C21H18FN3O4S/c1-29-21(28)14-4-8-16(9-5-14)24-19(27)18(26)23-11-10-17-12-30-20(25-17)13-2-6-15(22)7-3-13/h2-9,12H,10-11H2,1H3,(H,23,26)(H,24,27). The second-order valence-electron chi connectivity index (χ2n) is 6.18. The fraction of sp³-hybridized carbons (Fsp3) is 0.143. The van der Waals surface area contributed by atoms with E-state index in [4.69, 9.17) is 0 Å². The molecule has 0 saturated carbocycles. The van der Waals surface area contributed by atoms with E-state index in [2.05, 4.69) is 20.4 Å². The number of hydrogen-bond donors (Lipinski definition) is 2. The number of rotatable bonds is 6. The summed E-state index contributed by atoms with van der Waals surface area (Å²) in [4.78, 5) is 39.8. The number of amides is 2. The van der Waals surface area contributed by atoms with Crippen molar-refractivity contribution in [1.82, 2.24) is 10.3 Å². The Bertz CT molecular complexity index is 1050. The van der Waals surface area contributed by atoms with Crippen molar-refractivity contribution in [3.8, 4) is 10.6 Å². The van der Waals surface area contributed by atoms with Crippen LogP contribution in [0.25, 0.3) is 10.6 Å². The van der Waals surface area contributed by atoms with Crippen molar-refractivity contribution in [2.24, 2.45) is 0 Å². The molecule has 1 heterocycles. The van der Waals surface area contributed by atoms with Crippen LogP contribution >= 0.6 is 11.3 Å². The average molecular weight is 427 g/mol. The minimum Gasteiger partial charge on any atom is -0.465 e. The predicted molar refractivity (Wildman–Crippen MR) is 111 cm³/mol. The number of hydrogen-bond acceptors (Lipinski definition) is 6. The first-order chi connectivity index (χ1) is 14.5. The summed E-state index contributed by atoms with van der Waals surface area (Å²) in [7, 11) is 1.28. The van der Waals surface area contributed by atoms with Gasteiger partial charge in [-0.25, -0.2) is 14.2 Å². The molecule has 7 nitrogen and oxygen atoms in total. The van der Waals surface area contributed by atoms with E-state index >= 15 is 0 Å². The molecule has 3 rings (SSSR count). The van der Waals surface area contributed by atoms with Crippen LogP contribution in [0.3, 0.4) is 0 Å². The van der Waals surface area contributed by atoms with E-state index in [-0.39, 0.29) is 12.4 Å². The van der Waals surface area contributed by atoms with Crippen LogP contribution in [0, 0.1) is 5.82 Å². The number of methoxy groups -OCH3 is 1. The maximum absolute atomic E-state index is 13.0. The highest BCUT2D eigenvalue weighted by atomic mass is 32.1. The van der Waals surface area contributed by atoms with E-state index < -0.39 is 17.8 Å². The topological polar surface area (TPSA) is 97.4 Å². The number of esters is 1. The lowest BCUT2D eigenvalue weighted by Gasteiger charge is -2.06. The van der Waals surface area contributed by atoms with Gasteiger partial charge in [0.25, 0.3) is 0 Å². The molecule has 0 aliphatic carbocycles. The van der Waals surface area contributed by atoms with Gasteiger partial charge < -0.3 is 15.4 Å². The summed E-state index contributed by atoms with van der Waals surface area (Å²) in [6, 6.07) is 12.0. The summed E-state index contributed by atoms with van der Waals surface area (Å²) in [5.74, 6) is -2.39. The van der Waals surface area contributed by atoms with Gasteiger partial charge in [-0.1, -0.05) is 0 Å². The van der Waals surface area contributed by atoms with Crippen LogP contribution in [0.15, 0.2) is 53.9 Å². The van der Waals surface area contributed by atoms with Gasteiger partial charge in [-0.15, -0.1) is 11.3 Å². The van der Waals surface area contributed by atoms with Crippen molar-refractivity contribution in [3.63, 3.8) is 0 Å². The molecular weight excluding hydrogens is 409 g/mol. The molecule has 1 aromatic heterocycles. The first-order valence-corrected chi connectivity index (χ1v) is 9.82. The third-order valence-corrected chi connectivity index (χ3v) is 5.02. The molecule has 154 valence electrons. The van der Waals surface area contributed by atoms with Gasteiger partial charge in [-0.05, 0) is 48.5 Å². The number of carbonyl (C=O) groups excluding carboxylic acids is 3. The number of ether oxygens (including phenoxy) is 1. The van der Waals surface area contributed by atoms with Gasteiger partial charge in [0.2, 0.25) is 0 Å². The van der Waals surface area contributed by atoms with Gasteiger partial charge in [0.1, 0.15) is 10.8 Å². The van der Waals surface area contributed by atoms with Crippen LogP contribution in [0.5, 0.6) is 0 Å². The van der Waals surface area contributed by atoms with Crippen molar-refractivity contribution in [2.45, 2.75) is 6.42 Å². The maximum Gasteiger partial charge on any atom is 0.337 e. The molecule has 0 bridgehead atoms. The lowest BCUT2D eigenvalue weighted by Crippen LogP contribution is -2.36. The first kappa shape index (κ1) is 21.1. The molecule has 0 atom stereocenters. The zero-order valence-electron chi connectivity index (χ0n) is 16.0. The highest BCUT2D eigenvalue weighted by Gasteiger charge is 2.14. The molecule has 0 saturated heterocycles. The zero-order chi connectivity index (χ0) is 21.5. The molecule has 0 aliphatic rings. The summed E-state index contributed by atoms with van der Waals surface area (Å²) in [5.41, 5.74) is 2.29. The highest BCUT2D eigenvalue weighted by molar-refractivity contribution is 7.13. The Labute approximate surface area is 175 Å². The van der Waals surface area contributed by atoms with Crippen molar-refractivity contribution >= 4 is 34.8 Å². The minimum atomic E-state index is -0.814. The van der Waals surface area contributed by atoms with E-state index in [9.17, 15) is 18.8 Å². The Hall–Kier alpha value is -3.59. The van der Waals surface area contributed by atoms with E-state index in [1.165, 1.54) is 54.8 Å². The number of nitrogens with zero attached hydrogens (tertiary/aromatic N) is 1. The molecule has 0 unspecified atom stereocenters. The van der Waals surface area contributed by atoms with Crippen LogP contribution in [-0.2, 0) is 20.7 Å². The van der Waals surface area contributed by atoms with Gasteiger partial charge in [0.05, 0.1) is 18.4 Å². The fourth-order valence-corrected chi connectivity index (χ4v) is 3.39. The Morgan fingerprint density at radius 1 is 1.03 bits per heavy atom. The number of nitrogens with one attached hydrogen (secondary N) is 2. The largest absolute Gasteiger partial charge is 0.465 e. The molecule has 0 radical (unpaired) electrons. The SMILES string of the molecule is COC(=O)c1ccc(NC(=O)C(=O)NCCc2csc(-c3ccc(F)cc3)n2)cc1. The van der Waals surface area contributed by atoms with Crippen molar-refractivity contribution in [3.05, 3.63) is 71.0 Å². The second-order valence-corrected chi connectivity index (χ2v) is 7.04. The summed E-state index contributed by atoms with van der Waals surface area (Å²) in [5, 5.41) is 7.60. The van der Waals surface area contributed by atoms with Crippen LogP contribution in [0.1, 0.15) is 16.1 Å². The van der Waals surface area contributed by atoms with Gasteiger partial charge in [0.15, 0.2) is 0 Å². The van der Waals surface area contributed by atoms with E-state index in [1.54, 1.807) is 12.1 Å². The van der Waals surface area contributed by atoms with Crippen LogP contribution in [-0.4, -0.2) is 36.4 Å². The number of benzene rings is 2. The number of carbonyl (C=O) groups is 3. The van der Waals surface area contributed by atoms with E-state index in [1.807, 2.05) is 5.38 Å². The molecular formula is C21H18FN3O4S. The van der Waals surface area contributed by atoms with Crippen molar-refractivity contribution in [1.29, 1.82) is 0 Å². The van der Waals surface area contributed by atoms with E-state index in [0.29, 0.717) is 17.7 Å². The smallest absolute Gasteiger partial charge is 0.337 e. The Kier molecular flexibility index (Phi) is 6.87. The van der Waals surface area contributed by atoms with Crippen molar-refractivity contribution in [2.75, 3.05) is 19.0 Å². The number of anilines is 1.